The number of alkyl carbamates (subject to hydrolysis) is 1. The first-order valence-electron chi connectivity index (χ1n) is 11.8. The number of hydrogen-bond donors (Lipinski definition) is 2. The van der Waals surface area contributed by atoms with Gasteiger partial charge in [0.15, 0.2) is 0 Å². The van der Waals surface area contributed by atoms with Crippen LogP contribution in [0.5, 0.6) is 0 Å². The number of sulfone groups is 1. The lowest BCUT2D eigenvalue weighted by Crippen LogP contribution is -2.45. The minimum atomic E-state index is -4.27. The Morgan fingerprint density at radius 1 is 1.13 bits per heavy atom. The zero-order chi connectivity index (χ0) is 28.7. The number of nitrogens with one attached hydrogen (secondary N) is 1. The SMILES string of the molecule is CC(C)(C)OC(=O)NC1CN2CC(S(=O)(=O)c3ccccc3)=C(C(C(=O)O)c3ccc([N+](=O)[O-])cc3)N2C1=O. The fourth-order valence-electron chi connectivity index (χ4n) is 4.44. The molecule has 2 N–H and O–H groups in total. The van der Waals surface area contributed by atoms with Crippen molar-refractivity contribution in [3.8, 4) is 0 Å². The normalized spacial score (nSPS) is 18.6. The van der Waals surface area contributed by atoms with Gasteiger partial charge in [-0.05, 0) is 38.5 Å². The van der Waals surface area contributed by atoms with Crippen LogP contribution >= 0.6 is 0 Å². The summed E-state index contributed by atoms with van der Waals surface area (Å²) in [5.41, 5.74) is -1.42. The molecule has 0 radical (unpaired) electrons. The van der Waals surface area contributed by atoms with Gasteiger partial charge in [-0.1, -0.05) is 30.3 Å². The fraction of sp³-hybridized carbons (Fsp3) is 0.320. The van der Waals surface area contributed by atoms with Crippen molar-refractivity contribution < 1.29 is 37.6 Å². The molecule has 2 amide bonds. The number of hydrogen-bond acceptors (Lipinski definition) is 9. The molecule has 2 heterocycles. The number of carboxylic acid groups (broad SMARTS) is 1. The van der Waals surface area contributed by atoms with E-state index in [1.165, 1.54) is 41.4 Å². The van der Waals surface area contributed by atoms with Gasteiger partial charge < -0.3 is 15.2 Å². The molecular formula is C25H26N4O9S. The molecule has 14 heteroatoms. The number of ether oxygens (including phenoxy) is 1. The van der Waals surface area contributed by atoms with Crippen molar-refractivity contribution in [1.82, 2.24) is 15.3 Å². The van der Waals surface area contributed by atoms with Gasteiger partial charge in [-0.25, -0.2) is 23.2 Å². The lowest BCUT2D eigenvalue weighted by molar-refractivity contribution is -0.384. The van der Waals surface area contributed by atoms with Gasteiger partial charge in [-0.2, -0.15) is 0 Å². The second kappa shape index (κ2) is 10.1. The Morgan fingerprint density at radius 3 is 2.28 bits per heavy atom. The molecule has 0 saturated carbocycles. The van der Waals surface area contributed by atoms with Crippen LogP contribution in [0.1, 0.15) is 32.3 Å². The van der Waals surface area contributed by atoms with Gasteiger partial charge in [0.25, 0.3) is 11.6 Å². The van der Waals surface area contributed by atoms with Crippen molar-refractivity contribution in [3.05, 3.63) is 80.9 Å². The molecule has 206 valence electrons. The van der Waals surface area contributed by atoms with E-state index in [4.69, 9.17) is 4.74 Å². The molecule has 0 spiro atoms. The summed E-state index contributed by atoms with van der Waals surface area (Å²) >= 11 is 0. The van der Waals surface area contributed by atoms with Crippen LogP contribution in [0.2, 0.25) is 0 Å². The Kier molecular flexibility index (Phi) is 7.19. The zero-order valence-corrected chi connectivity index (χ0v) is 22.0. The van der Waals surface area contributed by atoms with Crippen molar-refractivity contribution in [3.63, 3.8) is 0 Å². The van der Waals surface area contributed by atoms with Crippen molar-refractivity contribution in [2.24, 2.45) is 0 Å². The number of rotatable bonds is 7. The van der Waals surface area contributed by atoms with E-state index in [1.54, 1.807) is 26.8 Å². The average molecular weight is 559 g/mol. The first-order valence-corrected chi connectivity index (χ1v) is 13.3. The Morgan fingerprint density at radius 2 is 1.74 bits per heavy atom. The number of non-ortho nitro benzene ring substituents is 1. The Balaban J connectivity index is 1.82. The fourth-order valence-corrected chi connectivity index (χ4v) is 6.04. The third-order valence-electron chi connectivity index (χ3n) is 6.05. The zero-order valence-electron chi connectivity index (χ0n) is 21.2. The van der Waals surface area contributed by atoms with Crippen LogP contribution < -0.4 is 5.32 Å². The molecule has 39 heavy (non-hydrogen) atoms. The van der Waals surface area contributed by atoms with E-state index >= 15 is 0 Å². The Labute approximate surface area is 223 Å². The van der Waals surface area contributed by atoms with Gasteiger partial charge in [0, 0.05) is 18.7 Å². The number of fused-ring (bicyclic) bond motifs is 1. The highest BCUT2D eigenvalue weighted by Gasteiger charge is 2.52. The number of carbonyl (C=O) groups is 3. The van der Waals surface area contributed by atoms with Crippen LogP contribution in [0, 0.1) is 10.1 Å². The second-order valence-corrected chi connectivity index (χ2v) is 11.9. The number of nitro groups is 1. The predicted octanol–water partition coefficient (Wildman–Crippen LogP) is 2.41. The predicted molar refractivity (Wildman–Crippen MR) is 136 cm³/mol. The van der Waals surface area contributed by atoms with Crippen LogP contribution in [0.4, 0.5) is 10.5 Å². The second-order valence-electron chi connectivity index (χ2n) is 9.94. The minimum absolute atomic E-state index is 0.0297. The summed E-state index contributed by atoms with van der Waals surface area (Å²) in [6.07, 6.45) is -0.865. The van der Waals surface area contributed by atoms with Crippen LogP contribution in [-0.2, 0) is 24.2 Å². The van der Waals surface area contributed by atoms with Crippen LogP contribution in [-0.4, -0.2) is 71.2 Å². The maximum absolute atomic E-state index is 13.7. The van der Waals surface area contributed by atoms with E-state index in [1.807, 2.05) is 0 Å². The average Bonchev–Trinajstić information content (AvgIpc) is 3.36. The molecule has 1 saturated heterocycles. The summed E-state index contributed by atoms with van der Waals surface area (Å²) in [4.78, 5) is 48.5. The lowest BCUT2D eigenvalue weighted by atomic mass is 9.94. The third-order valence-corrected chi connectivity index (χ3v) is 7.93. The van der Waals surface area contributed by atoms with Gasteiger partial charge in [0.1, 0.15) is 17.6 Å². The molecule has 4 rings (SSSR count). The first kappa shape index (κ1) is 27.7. The highest BCUT2D eigenvalue weighted by atomic mass is 32.2. The standard InChI is InChI=1S/C25H26N4O9S/c1-25(2,3)38-24(33)26-18-13-27-14-19(39(36,37)17-7-5-4-6-8-17)21(28(27)22(18)30)20(23(31)32)15-9-11-16(12-10-15)29(34)35/h4-12,18,20H,13-14H2,1-3H3,(H,26,33)(H,31,32). The number of benzene rings is 2. The molecule has 0 aliphatic carbocycles. The topological polar surface area (TPSA) is 176 Å². The number of nitrogens with zero attached hydrogens (tertiary/aromatic N) is 3. The highest BCUT2D eigenvalue weighted by Crippen LogP contribution is 2.42. The van der Waals surface area contributed by atoms with Gasteiger partial charge in [-0.15, -0.1) is 0 Å². The van der Waals surface area contributed by atoms with E-state index in [2.05, 4.69) is 5.32 Å². The van der Waals surface area contributed by atoms with Gasteiger partial charge in [0.05, 0.1) is 27.0 Å². The van der Waals surface area contributed by atoms with E-state index < -0.39 is 50.3 Å². The Hall–Kier alpha value is -4.30. The first-order chi connectivity index (χ1) is 18.2. The number of carboxylic acids is 1. The van der Waals surface area contributed by atoms with Crippen LogP contribution in [0.15, 0.2) is 70.1 Å². The Bertz CT molecular complexity index is 1470. The van der Waals surface area contributed by atoms with Crippen molar-refractivity contribution in [2.75, 3.05) is 13.1 Å². The quantitative estimate of drug-likeness (QED) is 0.379. The van der Waals surface area contributed by atoms with E-state index in [-0.39, 0.29) is 39.8 Å². The molecule has 2 aromatic rings. The lowest BCUT2D eigenvalue weighted by Gasteiger charge is -2.26. The highest BCUT2D eigenvalue weighted by molar-refractivity contribution is 7.95. The summed E-state index contributed by atoms with van der Waals surface area (Å²) in [6, 6.07) is 10.8. The number of hydrazine groups is 1. The molecule has 0 bridgehead atoms. The molecule has 2 aliphatic heterocycles. The minimum Gasteiger partial charge on any atom is -0.480 e. The van der Waals surface area contributed by atoms with Crippen molar-refractivity contribution in [2.45, 2.75) is 43.2 Å². The number of nitro benzene ring substituents is 1. The number of carbonyl (C=O) groups excluding carboxylic acids is 2. The van der Waals surface area contributed by atoms with Crippen molar-refractivity contribution in [1.29, 1.82) is 0 Å². The molecule has 2 atom stereocenters. The smallest absolute Gasteiger partial charge is 0.408 e. The number of aliphatic carboxylic acids is 1. The van der Waals surface area contributed by atoms with Gasteiger partial charge >= 0.3 is 12.1 Å². The molecule has 0 aromatic heterocycles. The van der Waals surface area contributed by atoms with E-state index in [9.17, 15) is 38.0 Å². The summed E-state index contributed by atoms with van der Waals surface area (Å²) in [5.74, 6) is -3.89. The molecule has 1 fully saturated rings. The van der Waals surface area contributed by atoms with Crippen LogP contribution in [0.25, 0.3) is 0 Å². The van der Waals surface area contributed by atoms with Crippen molar-refractivity contribution >= 4 is 33.5 Å². The third kappa shape index (κ3) is 5.47. The largest absolute Gasteiger partial charge is 0.480 e. The molecule has 2 aromatic carbocycles. The van der Waals surface area contributed by atoms with Gasteiger partial charge in [-0.3, -0.25) is 19.7 Å². The maximum Gasteiger partial charge on any atom is 0.408 e. The maximum atomic E-state index is 13.7. The number of amides is 2. The molecule has 2 unspecified atom stereocenters. The molecule has 13 nitrogen and oxygen atoms in total. The molecular weight excluding hydrogens is 532 g/mol. The van der Waals surface area contributed by atoms with Gasteiger partial charge in [0.2, 0.25) is 9.84 Å². The molecule has 2 aliphatic rings. The van der Waals surface area contributed by atoms with E-state index in [0.29, 0.717) is 0 Å². The van der Waals surface area contributed by atoms with E-state index in [0.717, 1.165) is 17.1 Å². The summed E-state index contributed by atoms with van der Waals surface area (Å²) in [7, 11) is -4.27. The monoisotopic (exact) mass is 558 g/mol. The summed E-state index contributed by atoms with van der Waals surface area (Å²) in [5, 5.41) is 26.1. The summed E-state index contributed by atoms with van der Waals surface area (Å²) in [6.45, 7) is 4.47. The van der Waals surface area contributed by atoms with Crippen LogP contribution in [0.3, 0.4) is 0 Å². The summed E-state index contributed by atoms with van der Waals surface area (Å²) < 4.78 is 32.6.